The Labute approximate surface area is 136 Å². The molecular formula is C12H17BrN2O4S2. The van der Waals surface area contributed by atoms with E-state index in [0.717, 1.165) is 37.1 Å². The normalized spacial score (nSPS) is 18.9. The second-order valence-electron chi connectivity index (χ2n) is 4.72. The van der Waals surface area contributed by atoms with Crippen LogP contribution >= 0.6 is 27.3 Å². The van der Waals surface area contributed by atoms with Crippen LogP contribution in [0.2, 0.25) is 0 Å². The molecule has 1 aliphatic heterocycles. The van der Waals surface area contributed by atoms with Crippen LogP contribution in [0.25, 0.3) is 0 Å². The Hall–Kier alpha value is -0.480. The predicted octanol–water partition coefficient (Wildman–Crippen LogP) is 1.72. The molecule has 0 spiro atoms. The van der Waals surface area contributed by atoms with Gasteiger partial charge in [0.1, 0.15) is 9.77 Å². The van der Waals surface area contributed by atoms with Gasteiger partial charge in [-0.2, -0.15) is 0 Å². The topological polar surface area (TPSA) is 84.5 Å². The fourth-order valence-corrected chi connectivity index (χ4v) is 5.71. The highest BCUT2D eigenvalue weighted by Gasteiger charge is 2.24. The van der Waals surface area contributed by atoms with Gasteiger partial charge in [0.15, 0.2) is 0 Å². The predicted molar refractivity (Wildman–Crippen MR) is 84.2 cm³/mol. The van der Waals surface area contributed by atoms with Crippen LogP contribution < -0.4 is 10.0 Å². The molecule has 1 fully saturated rings. The monoisotopic (exact) mass is 396 g/mol. The lowest BCUT2D eigenvalue weighted by molar-refractivity contribution is 0.0606. The number of thiophene rings is 1. The van der Waals surface area contributed by atoms with Crippen molar-refractivity contribution in [3.05, 3.63) is 14.7 Å². The summed E-state index contributed by atoms with van der Waals surface area (Å²) in [5.74, 6) is -0.544. The Bertz CT molecular complexity index is 609. The van der Waals surface area contributed by atoms with E-state index in [9.17, 15) is 13.2 Å². The highest BCUT2D eigenvalue weighted by Crippen LogP contribution is 2.32. The molecule has 118 valence electrons. The number of sulfonamides is 1. The van der Waals surface area contributed by atoms with Gasteiger partial charge in [-0.05, 0) is 47.8 Å². The summed E-state index contributed by atoms with van der Waals surface area (Å²) in [7, 11) is -2.36. The lowest BCUT2D eigenvalue weighted by atomic mass is 10.2. The number of esters is 1. The van der Waals surface area contributed by atoms with Gasteiger partial charge >= 0.3 is 5.97 Å². The molecule has 0 bridgehead atoms. The Morgan fingerprint density at radius 1 is 1.62 bits per heavy atom. The fourth-order valence-electron chi connectivity index (χ4n) is 2.18. The maximum atomic E-state index is 12.2. The van der Waals surface area contributed by atoms with Crippen molar-refractivity contribution in [2.75, 3.05) is 20.2 Å². The molecule has 2 rings (SSSR count). The van der Waals surface area contributed by atoms with Crippen molar-refractivity contribution in [2.45, 2.75) is 30.2 Å². The molecule has 0 saturated carbocycles. The minimum absolute atomic E-state index is 0.0762. The largest absolute Gasteiger partial charge is 0.465 e. The lowest BCUT2D eigenvalue weighted by Crippen LogP contribution is -2.30. The second-order valence-corrected chi connectivity index (χ2v) is 8.83. The third kappa shape index (κ3) is 4.26. The number of halogens is 1. The number of methoxy groups -OCH3 is 1. The van der Waals surface area contributed by atoms with E-state index < -0.39 is 16.0 Å². The van der Waals surface area contributed by atoms with Crippen LogP contribution in [0.15, 0.2) is 14.7 Å². The van der Waals surface area contributed by atoms with Crippen molar-refractivity contribution in [1.82, 2.24) is 10.0 Å². The Kier molecular flexibility index (Phi) is 5.78. The Morgan fingerprint density at radius 3 is 3.00 bits per heavy atom. The third-order valence-electron chi connectivity index (χ3n) is 3.28. The van der Waals surface area contributed by atoms with E-state index in [1.807, 2.05) is 0 Å². The summed E-state index contributed by atoms with van der Waals surface area (Å²) >= 11 is 4.23. The zero-order valence-electron chi connectivity index (χ0n) is 11.5. The number of hydrogen-bond donors (Lipinski definition) is 2. The molecule has 1 aromatic heterocycles. The number of carbonyl (C=O) groups excluding carboxylic acids is 1. The van der Waals surface area contributed by atoms with E-state index in [-0.39, 0.29) is 9.77 Å². The van der Waals surface area contributed by atoms with E-state index >= 15 is 0 Å². The van der Waals surface area contributed by atoms with E-state index in [1.165, 1.54) is 13.2 Å². The molecule has 0 amide bonds. The minimum Gasteiger partial charge on any atom is -0.465 e. The molecule has 21 heavy (non-hydrogen) atoms. The summed E-state index contributed by atoms with van der Waals surface area (Å²) in [5.41, 5.74) is 0. The van der Waals surface area contributed by atoms with Crippen molar-refractivity contribution >= 4 is 43.3 Å². The molecule has 9 heteroatoms. The summed E-state index contributed by atoms with van der Waals surface area (Å²) < 4.78 is 32.0. The van der Waals surface area contributed by atoms with Gasteiger partial charge in [-0.15, -0.1) is 11.3 Å². The van der Waals surface area contributed by atoms with Crippen molar-refractivity contribution in [3.63, 3.8) is 0 Å². The zero-order chi connectivity index (χ0) is 15.5. The van der Waals surface area contributed by atoms with E-state index in [1.54, 1.807) is 0 Å². The highest BCUT2D eigenvalue weighted by molar-refractivity contribution is 9.11. The standard InChI is InChI=1S/C12H17BrN2O4S2/c1-19-12(16)9-7-10(11(13)20-9)21(17,18)15-6-4-8-3-2-5-14-8/h7-8,14-15H,2-6H2,1H3/t8-/m0/s1. The van der Waals surface area contributed by atoms with Crippen molar-refractivity contribution < 1.29 is 17.9 Å². The van der Waals surface area contributed by atoms with Gasteiger partial charge in [-0.1, -0.05) is 0 Å². The smallest absolute Gasteiger partial charge is 0.348 e. The highest BCUT2D eigenvalue weighted by atomic mass is 79.9. The van der Waals surface area contributed by atoms with Crippen LogP contribution in [0, 0.1) is 0 Å². The van der Waals surface area contributed by atoms with Crippen molar-refractivity contribution in [2.24, 2.45) is 0 Å². The van der Waals surface area contributed by atoms with Gasteiger partial charge in [0.2, 0.25) is 10.0 Å². The first-order chi connectivity index (χ1) is 9.94. The molecule has 6 nitrogen and oxygen atoms in total. The Morgan fingerprint density at radius 2 is 2.38 bits per heavy atom. The van der Waals surface area contributed by atoms with Crippen molar-refractivity contribution in [1.29, 1.82) is 0 Å². The van der Waals surface area contributed by atoms with E-state index in [0.29, 0.717) is 16.4 Å². The maximum absolute atomic E-state index is 12.2. The molecule has 1 aliphatic rings. The molecule has 0 aliphatic carbocycles. The summed E-state index contributed by atoms with van der Waals surface area (Å²) in [4.78, 5) is 11.8. The average molecular weight is 397 g/mol. The lowest BCUT2D eigenvalue weighted by Gasteiger charge is -2.10. The van der Waals surface area contributed by atoms with Crippen LogP contribution in [0.4, 0.5) is 0 Å². The number of nitrogens with one attached hydrogen (secondary N) is 2. The van der Waals surface area contributed by atoms with Gasteiger partial charge in [0, 0.05) is 12.6 Å². The number of rotatable bonds is 6. The van der Waals surface area contributed by atoms with Crippen molar-refractivity contribution in [3.8, 4) is 0 Å². The first kappa shape index (κ1) is 16.9. The molecule has 2 heterocycles. The zero-order valence-corrected chi connectivity index (χ0v) is 14.7. The summed E-state index contributed by atoms with van der Waals surface area (Å²) in [6, 6.07) is 1.71. The molecule has 0 radical (unpaired) electrons. The number of carbonyl (C=O) groups is 1. The summed E-state index contributed by atoms with van der Waals surface area (Å²) in [6.07, 6.45) is 2.97. The van der Waals surface area contributed by atoms with Crippen LogP contribution in [0.3, 0.4) is 0 Å². The van der Waals surface area contributed by atoms with Gasteiger partial charge in [0.25, 0.3) is 0 Å². The second kappa shape index (κ2) is 7.19. The van der Waals surface area contributed by atoms with Crippen LogP contribution in [0.5, 0.6) is 0 Å². The summed E-state index contributed by atoms with van der Waals surface area (Å²) in [6.45, 7) is 1.37. The molecule has 1 aromatic rings. The first-order valence-electron chi connectivity index (χ1n) is 6.54. The molecule has 1 atom stereocenters. The SMILES string of the molecule is COC(=O)c1cc(S(=O)(=O)NCC[C@@H]2CCCN2)c(Br)s1. The maximum Gasteiger partial charge on any atom is 0.348 e. The summed E-state index contributed by atoms with van der Waals surface area (Å²) in [5, 5.41) is 3.32. The van der Waals surface area contributed by atoms with E-state index in [4.69, 9.17) is 0 Å². The van der Waals surface area contributed by atoms with Crippen LogP contribution in [0.1, 0.15) is 28.9 Å². The molecule has 2 N–H and O–H groups in total. The Balaban J connectivity index is 2.01. The van der Waals surface area contributed by atoms with Gasteiger partial charge in [0.05, 0.1) is 10.9 Å². The number of ether oxygens (including phenoxy) is 1. The van der Waals surface area contributed by atoms with Crippen LogP contribution in [-0.2, 0) is 14.8 Å². The molecular weight excluding hydrogens is 380 g/mol. The molecule has 1 saturated heterocycles. The van der Waals surface area contributed by atoms with Gasteiger partial charge in [-0.3, -0.25) is 0 Å². The number of hydrogen-bond acceptors (Lipinski definition) is 6. The van der Waals surface area contributed by atoms with Gasteiger partial charge < -0.3 is 10.1 Å². The van der Waals surface area contributed by atoms with E-state index in [2.05, 4.69) is 30.7 Å². The first-order valence-corrected chi connectivity index (χ1v) is 9.64. The third-order valence-corrected chi connectivity index (χ3v) is 6.97. The minimum atomic E-state index is -3.63. The van der Waals surface area contributed by atoms with Crippen LogP contribution in [-0.4, -0.2) is 40.6 Å². The van der Waals surface area contributed by atoms with Gasteiger partial charge in [-0.25, -0.2) is 17.9 Å². The average Bonchev–Trinajstić information content (AvgIpc) is 3.07. The fraction of sp³-hybridized carbons (Fsp3) is 0.583. The quantitative estimate of drug-likeness (QED) is 0.715. The molecule has 0 unspecified atom stereocenters. The molecule has 0 aromatic carbocycles.